The minimum atomic E-state index is -0.269. The highest BCUT2D eigenvalue weighted by molar-refractivity contribution is 6.31. The zero-order valence-corrected chi connectivity index (χ0v) is 11.0. The summed E-state index contributed by atoms with van der Waals surface area (Å²) in [4.78, 5) is 11.6. The number of aryl methyl sites for hydroxylation is 1. The second-order valence-electron chi connectivity index (χ2n) is 3.92. The van der Waals surface area contributed by atoms with Crippen molar-refractivity contribution in [1.29, 1.82) is 0 Å². The molecule has 0 radical (unpaired) electrons. The largest absolute Gasteiger partial charge is 0.383 e. The van der Waals surface area contributed by atoms with Crippen LogP contribution in [0.25, 0.3) is 0 Å². The number of amides is 2. The molecule has 94 valence electrons. The fraction of sp³-hybridized carbons (Fsp3) is 0.417. The SMILES string of the molecule is COC[C@@H](C)NC(=O)Nc1ccc(C)c(Cl)c1. The maximum absolute atomic E-state index is 11.6. The molecule has 0 bridgehead atoms. The number of anilines is 1. The summed E-state index contributed by atoms with van der Waals surface area (Å²) in [5.74, 6) is 0. The summed E-state index contributed by atoms with van der Waals surface area (Å²) in [5.41, 5.74) is 1.65. The molecule has 0 aliphatic rings. The van der Waals surface area contributed by atoms with Crippen molar-refractivity contribution in [2.24, 2.45) is 0 Å². The first-order valence-electron chi connectivity index (χ1n) is 5.35. The summed E-state index contributed by atoms with van der Waals surface area (Å²) in [6, 6.07) is 5.07. The third kappa shape index (κ3) is 4.63. The van der Waals surface area contributed by atoms with Crippen molar-refractivity contribution in [3.8, 4) is 0 Å². The summed E-state index contributed by atoms with van der Waals surface area (Å²) in [7, 11) is 1.59. The Morgan fingerprint density at radius 2 is 2.24 bits per heavy atom. The van der Waals surface area contributed by atoms with Crippen molar-refractivity contribution in [2.75, 3.05) is 19.0 Å². The van der Waals surface area contributed by atoms with Gasteiger partial charge >= 0.3 is 6.03 Å². The fourth-order valence-electron chi connectivity index (χ4n) is 1.35. The number of nitrogens with one attached hydrogen (secondary N) is 2. The number of hydrogen-bond donors (Lipinski definition) is 2. The van der Waals surface area contributed by atoms with E-state index < -0.39 is 0 Å². The summed E-state index contributed by atoms with van der Waals surface area (Å²) in [6.45, 7) is 4.25. The number of urea groups is 1. The Balaban J connectivity index is 2.53. The van der Waals surface area contributed by atoms with Gasteiger partial charge in [0.15, 0.2) is 0 Å². The first-order chi connectivity index (χ1) is 8.02. The second-order valence-corrected chi connectivity index (χ2v) is 4.33. The minimum absolute atomic E-state index is 0.0408. The molecule has 0 heterocycles. The first-order valence-corrected chi connectivity index (χ1v) is 5.73. The zero-order valence-electron chi connectivity index (χ0n) is 10.2. The number of carbonyl (C=O) groups is 1. The van der Waals surface area contributed by atoms with Gasteiger partial charge in [-0.05, 0) is 31.5 Å². The third-order valence-electron chi connectivity index (χ3n) is 2.22. The molecule has 1 atom stereocenters. The molecule has 5 heteroatoms. The summed E-state index contributed by atoms with van der Waals surface area (Å²) in [5, 5.41) is 6.09. The van der Waals surface area contributed by atoms with Crippen LogP contribution in [0.1, 0.15) is 12.5 Å². The van der Waals surface area contributed by atoms with Gasteiger partial charge in [0, 0.05) is 17.8 Å². The van der Waals surface area contributed by atoms with Crippen LogP contribution in [0, 0.1) is 6.92 Å². The predicted molar refractivity (Wildman–Crippen MR) is 69.7 cm³/mol. The molecule has 0 aliphatic carbocycles. The molecule has 0 unspecified atom stereocenters. The molecular formula is C12H17ClN2O2. The van der Waals surface area contributed by atoms with E-state index in [1.807, 2.05) is 26.0 Å². The highest BCUT2D eigenvalue weighted by atomic mass is 35.5. The minimum Gasteiger partial charge on any atom is -0.383 e. The Kier molecular flexibility index (Phi) is 5.25. The van der Waals surface area contributed by atoms with E-state index in [-0.39, 0.29) is 12.1 Å². The average Bonchev–Trinajstić information content (AvgIpc) is 2.23. The number of benzene rings is 1. The number of carbonyl (C=O) groups excluding carboxylic acids is 1. The molecule has 17 heavy (non-hydrogen) atoms. The van der Waals surface area contributed by atoms with Crippen molar-refractivity contribution < 1.29 is 9.53 Å². The van der Waals surface area contributed by atoms with Gasteiger partial charge in [-0.1, -0.05) is 17.7 Å². The number of methoxy groups -OCH3 is 1. The van der Waals surface area contributed by atoms with E-state index in [0.29, 0.717) is 17.3 Å². The monoisotopic (exact) mass is 256 g/mol. The molecule has 0 spiro atoms. The van der Waals surface area contributed by atoms with E-state index in [1.165, 1.54) is 0 Å². The highest BCUT2D eigenvalue weighted by Gasteiger charge is 2.07. The Labute approximate surface area is 106 Å². The summed E-state index contributed by atoms with van der Waals surface area (Å²) < 4.78 is 4.93. The second kappa shape index (κ2) is 6.47. The van der Waals surface area contributed by atoms with Crippen LogP contribution in [0.2, 0.25) is 5.02 Å². The zero-order chi connectivity index (χ0) is 12.8. The molecule has 0 saturated heterocycles. The molecule has 1 rings (SSSR count). The third-order valence-corrected chi connectivity index (χ3v) is 2.63. The van der Waals surface area contributed by atoms with Crippen molar-refractivity contribution in [2.45, 2.75) is 19.9 Å². The van der Waals surface area contributed by atoms with Crippen LogP contribution in [0.15, 0.2) is 18.2 Å². The smallest absolute Gasteiger partial charge is 0.319 e. The lowest BCUT2D eigenvalue weighted by molar-refractivity contribution is 0.173. The molecule has 1 aromatic rings. The van der Waals surface area contributed by atoms with Crippen molar-refractivity contribution in [3.63, 3.8) is 0 Å². The van der Waals surface area contributed by atoms with Crippen LogP contribution in [0.5, 0.6) is 0 Å². The average molecular weight is 257 g/mol. The van der Waals surface area contributed by atoms with Gasteiger partial charge in [0.2, 0.25) is 0 Å². The standard InChI is InChI=1S/C12H17ClN2O2/c1-8-4-5-10(6-11(8)13)15-12(16)14-9(2)7-17-3/h4-6,9H,7H2,1-3H3,(H2,14,15,16)/t9-/m1/s1. The van der Waals surface area contributed by atoms with Crippen molar-refractivity contribution in [3.05, 3.63) is 28.8 Å². The number of ether oxygens (including phenoxy) is 1. The number of rotatable bonds is 4. The van der Waals surface area contributed by atoms with E-state index in [2.05, 4.69) is 10.6 Å². The van der Waals surface area contributed by atoms with Gasteiger partial charge in [0.1, 0.15) is 0 Å². The van der Waals surface area contributed by atoms with Gasteiger partial charge < -0.3 is 15.4 Å². The van der Waals surface area contributed by atoms with Gasteiger partial charge in [0.05, 0.1) is 12.6 Å². The van der Waals surface area contributed by atoms with Crippen molar-refractivity contribution >= 4 is 23.3 Å². The van der Waals surface area contributed by atoms with E-state index in [4.69, 9.17) is 16.3 Å². The Morgan fingerprint density at radius 1 is 1.53 bits per heavy atom. The topological polar surface area (TPSA) is 50.4 Å². The van der Waals surface area contributed by atoms with E-state index in [0.717, 1.165) is 5.56 Å². The number of hydrogen-bond acceptors (Lipinski definition) is 2. The van der Waals surface area contributed by atoms with E-state index in [9.17, 15) is 4.79 Å². The van der Waals surface area contributed by atoms with E-state index >= 15 is 0 Å². The Morgan fingerprint density at radius 3 is 2.82 bits per heavy atom. The van der Waals surface area contributed by atoms with Crippen LogP contribution in [0.4, 0.5) is 10.5 Å². The summed E-state index contributed by atoms with van der Waals surface area (Å²) >= 11 is 5.96. The van der Waals surface area contributed by atoms with Crippen molar-refractivity contribution in [1.82, 2.24) is 5.32 Å². The Bertz CT molecular complexity index is 396. The predicted octanol–water partition coefficient (Wildman–Crippen LogP) is 2.80. The fourth-order valence-corrected chi connectivity index (χ4v) is 1.53. The van der Waals surface area contributed by atoms with Gasteiger partial charge in [-0.15, -0.1) is 0 Å². The normalized spacial score (nSPS) is 12.0. The van der Waals surface area contributed by atoms with Gasteiger partial charge in [0.25, 0.3) is 0 Å². The maximum Gasteiger partial charge on any atom is 0.319 e. The molecule has 2 N–H and O–H groups in total. The molecule has 2 amide bonds. The molecule has 1 aromatic carbocycles. The lowest BCUT2D eigenvalue weighted by atomic mass is 10.2. The first kappa shape index (κ1) is 13.8. The maximum atomic E-state index is 11.6. The molecule has 0 saturated carbocycles. The van der Waals surface area contributed by atoms with E-state index in [1.54, 1.807) is 13.2 Å². The van der Waals surface area contributed by atoms with Crippen LogP contribution in [0.3, 0.4) is 0 Å². The Hall–Kier alpha value is -1.26. The summed E-state index contributed by atoms with van der Waals surface area (Å²) in [6.07, 6.45) is 0. The molecule has 0 aliphatic heterocycles. The lowest BCUT2D eigenvalue weighted by Crippen LogP contribution is -2.38. The quantitative estimate of drug-likeness (QED) is 0.870. The molecule has 0 aromatic heterocycles. The van der Waals surface area contributed by atoms with Crippen LogP contribution in [-0.2, 0) is 4.74 Å². The van der Waals surface area contributed by atoms with Crippen LogP contribution in [-0.4, -0.2) is 25.8 Å². The molecule has 0 fully saturated rings. The van der Waals surface area contributed by atoms with Gasteiger partial charge in [-0.2, -0.15) is 0 Å². The van der Waals surface area contributed by atoms with Gasteiger partial charge in [-0.25, -0.2) is 4.79 Å². The molecule has 4 nitrogen and oxygen atoms in total. The van der Waals surface area contributed by atoms with Crippen LogP contribution >= 0.6 is 11.6 Å². The molecular weight excluding hydrogens is 240 g/mol. The highest BCUT2D eigenvalue weighted by Crippen LogP contribution is 2.19. The lowest BCUT2D eigenvalue weighted by Gasteiger charge is -2.13. The van der Waals surface area contributed by atoms with Gasteiger partial charge in [-0.3, -0.25) is 0 Å². The van der Waals surface area contributed by atoms with Crippen LogP contribution < -0.4 is 10.6 Å². The number of halogens is 1.